The lowest BCUT2D eigenvalue weighted by molar-refractivity contribution is 0.122. The first-order valence-electron chi connectivity index (χ1n) is 5.58. The van der Waals surface area contributed by atoms with Gasteiger partial charge in [0.1, 0.15) is 5.82 Å². The van der Waals surface area contributed by atoms with Crippen LogP contribution in [-0.4, -0.2) is 31.3 Å². The summed E-state index contributed by atoms with van der Waals surface area (Å²) in [6.07, 6.45) is 0. The zero-order valence-electron chi connectivity index (χ0n) is 9.79. The molecule has 0 bridgehead atoms. The Morgan fingerprint density at radius 3 is 2.69 bits per heavy atom. The molecule has 0 spiro atoms. The fourth-order valence-corrected chi connectivity index (χ4v) is 2.38. The Balaban J connectivity index is 2.36. The number of pyridine rings is 1. The minimum Gasteiger partial charge on any atom is -0.378 e. The molecule has 0 N–H and O–H groups in total. The van der Waals surface area contributed by atoms with Gasteiger partial charge in [0.2, 0.25) is 0 Å². The molecule has 0 radical (unpaired) electrons. The summed E-state index contributed by atoms with van der Waals surface area (Å²) in [5.74, 6) is 1.56. The van der Waals surface area contributed by atoms with E-state index in [1.54, 1.807) is 0 Å². The van der Waals surface area contributed by atoms with E-state index in [9.17, 15) is 0 Å². The van der Waals surface area contributed by atoms with Crippen LogP contribution < -0.4 is 4.90 Å². The Bertz CT molecular complexity index is 376. The molecule has 2 heterocycles. The van der Waals surface area contributed by atoms with Crippen molar-refractivity contribution in [1.29, 1.82) is 0 Å². The van der Waals surface area contributed by atoms with Crippen LogP contribution in [0.25, 0.3) is 0 Å². The predicted molar refractivity (Wildman–Crippen MR) is 66.3 cm³/mol. The van der Waals surface area contributed by atoms with E-state index in [1.165, 1.54) is 5.56 Å². The Kier molecular flexibility index (Phi) is 3.66. The molecule has 1 aliphatic rings. The Labute approximate surface area is 101 Å². The van der Waals surface area contributed by atoms with Crippen LogP contribution in [0.2, 0.25) is 0 Å². The average Bonchev–Trinajstić information content (AvgIpc) is 2.29. The number of aromatic nitrogens is 1. The molecule has 0 amide bonds. The minimum atomic E-state index is 0.520. The molecule has 1 aromatic rings. The molecule has 0 atom stereocenters. The van der Waals surface area contributed by atoms with Gasteiger partial charge in [-0.3, -0.25) is 0 Å². The van der Waals surface area contributed by atoms with Gasteiger partial charge in [-0.05, 0) is 25.5 Å². The predicted octanol–water partition coefficient (Wildman–Crippen LogP) is 2.27. The van der Waals surface area contributed by atoms with Gasteiger partial charge < -0.3 is 9.64 Å². The number of aryl methyl sites for hydroxylation is 2. The fraction of sp³-hybridized carbons (Fsp3) is 0.583. The lowest BCUT2D eigenvalue weighted by Gasteiger charge is -2.30. The van der Waals surface area contributed by atoms with E-state index in [4.69, 9.17) is 16.3 Å². The monoisotopic (exact) mass is 240 g/mol. The van der Waals surface area contributed by atoms with E-state index < -0.39 is 0 Å². The fourth-order valence-electron chi connectivity index (χ4n) is 2.05. The number of ether oxygens (including phenoxy) is 1. The van der Waals surface area contributed by atoms with Crippen LogP contribution in [0.4, 0.5) is 5.82 Å². The topological polar surface area (TPSA) is 25.4 Å². The maximum atomic E-state index is 6.01. The standard InChI is InChI=1S/C12H17ClN2O/c1-9-7-10(2)14-12(11(9)8-13)15-3-5-16-6-4-15/h7H,3-6,8H2,1-2H3. The summed E-state index contributed by atoms with van der Waals surface area (Å²) in [5.41, 5.74) is 3.42. The molecule has 1 aromatic heterocycles. The SMILES string of the molecule is Cc1cc(C)c(CCl)c(N2CCOCC2)n1. The number of alkyl halides is 1. The molecule has 3 nitrogen and oxygen atoms in total. The van der Waals surface area contributed by atoms with Crippen molar-refractivity contribution in [2.45, 2.75) is 19.7 Å². The molecule has 16 heavy (non-hydrogen) atoms. The smallest absolute Gasteiger partial charge is 0.133 e. The van der Waals surface area contributed by atoms with Crippen LogP contribution in [0.1, 0.15) is 16.8 Å². The molecule has 1 aliphatic heterocycles. The third kappa shape index (κ3) is 2.30. The van der Waals surface area contributed by atoms with Crippen LogP contribution in [0.15, 0.2) is 6.07 Å². The van der Waals surface area contributed by atoms with Crippen LogP contribution in [0.5, 0.6) is 0 Å². The number of rotatable bonds is 2. The van der Waals surface area contributed by atoms with Gasteiger partial charge in [-0.1, -0.05) is 0 Å². The number of morpholine rings is 1. The number of anilines is 1. The highest BCUT2D eigenvalue weighted by atomic mass is 35.5. The van der Waals surface area contributed by atoms with Crippen molar-refractivity contribution in [2.75, 3.05) is 31.2 Å². The lowest BCUT2D eigenvalue weighted by Crippen LogP contribution is -2.37. The first kappa shape index (κ1) is 11.7. The van der Waals surface area contributed by atoms with Gasteiger partial charge in [0.25, 0.3) is 0 Å². The summed E-state index contributed by atoms with van der Waals surface area (Å²) in [5, 5.41) is 0. The van der Waals surface area contributed by atoms with Gasteiger partial charge in [-0.15, -0.1) is 11.6 Å². The van der Waals surface area contributed by atoms with Crippen molar-refractivity contribution in [1.82, 2.24) is 4.98 Å². The zero-order chi connectivity index (χ0) is 11.5. The molecule has 0 unspecified atom stereocenters. The number of hydrogen-bond donors (Lipinski definition) is 0. The van der Waals surface area contributed by atoms with Gasteiger partial charge in [-0.25, -0.2) is 4.98 Å². The van der Waals surface area contributed by atoms with E-state index in [2.05, 4.69) is 22.9 Å². The van der Waals surface area contributed by atoms with E-state index in [0.717, 1.165) is 43.4 Å². The summed E-state index contributed by atoms with van der Waals surface area (Å²) >= 11 is 6.01. The molecule has 88 valence electrons. The molecule has 0 aromatic carbocycles. The minimum absolute atomic E-state index is 0.520. The summed E-state index contributed by atoms with van der Waals surface area (Å²) in [4.78, 5) is 6.88. The molecular formula is C12H17ClN2O. The van der Waals surface area contributed by atoms with Crippen LogP contribution >= 0.6 is 11.6 Å². The highest BCUT2D eigenvalue weighted by Crippen LogP contribution is 2.24. The van der Waals surface area contributed by atoms with Crippen LogP contribution in [0, 0.1) is 13.8 Å². The average molecular weight is 241 g/mol. The first-order valence-corrected chi connectivity index (χ1v) is 6.11. The maximum absolute atomic E-state index is 6.01. The molecule has 4 heteroatoms. The van der Waals surface area contributed by atoms with Crippen LogP contribution in [0.3, 0.4) is 0 Å². The summed E-state index contributed by atoms with van der Waals surface area (Å²) in [6, 6.07) is 2.08. The molecule has 1 fully saturated rings. The molecule has 1 saturated heterocycles. The highest BCUT2D eigenvalue weighted by molar-refractivity contribution is 6.17. The lowest BCUT2D eigenvalue weighted by atomic mass is 10.1. The van der Waals surface area contributed by atoms with Crippen molar-refractivity contribution in [2.24, 2.45) is 0 Å². The second kappa shape index (κ2) is 5.02. The van der Waals surface area contributed by atoms with Crippen molar-refractivity contribution in [3.8, 4) is 0 Å². The van der Waals surface area contributed by atoms with Gasteiger partial charge in [0.15, 0.2) is 0 Å². The van der Waals surface area contributed by atoms with E-state index in [0.29, 0.717) is 5.88 Å². The summed E-state index contributed by atoms with van der Waals surface area (Å²) in [7, 11) is 0. The Hall–Kier alpha value is -0.800. The van der Waals surface area contributed by atoms with Gasteiger partial charge >= 0.3 is 0 Å². The van der Waals surface area contributed by atoms with E-state index in [1.807, 2.05) is 6.92 Å². The van der Waals surface area contributed by atoms with E-state index >= 15 is 0 Å². The maximum Gasteiger partial charge on any atom is 0.133 e. The number of halogens is 1. The molecule has 0 aliphatic carbocycles. The van der Waals surface area contributed by atoms with E-state index in [-0.39, 0.29) is 0 Å². The normalized spacial score (nSPS) is 16.6. The van der Waals surface area contributed by atoms with Crippen molar-refractivity contribution in [3.05, 3.63) is 22.9 Å². The van der Waals surface area contributed by atoms with Crippen molar-refractivity contribution in [3.63, 3.8) is 0 Å². The first-order chi connectivity index (χ1) is 7.72. The molecule has 2 rings (SSSR count). The van der Waals surface area contributed by atoms with Crippen molar-refractivity contribution >= 4 is 17.4 Å². The van der Waals surface area contributed by atoms with Crippen molar-refractivity contribution < 1.29 is 4.74 Å². The third-order valence-electron chi connectivity index (χ3n) is 2.90. The highest BCUT2D eigenvalue weighted by Gasteiger charge is 2.17. The third-order valence-corrected chi connectivity index (χ3v) is 3.17. The zero-order valence-corrected chi connectivity index (χ0v) is 10.5. The van der Waals surface area contributed by atoms with Gasteiger partial charge in [0, 0.05) is 24.3 Å². The number of hydrogen-bond acceptors (Lipinski definition) is 3. The Morgan fingerprint density at radius 2 is 2.06 bits per heavy atom. The second-order valence-corrected chi connectivity index (χ2v) is 4.38. The summed E-state index contributed by atoms with van der Waals surface area (Å²) < 4.78 is 5.35. The van der Waals surface area contributed by atoms with Gasteiger partial charge in [0.05, 0.1) is 19.1 Å². The van der Waals surface area contributed by atoms with Gasteiger partial charge in [-0.2, -0.15) is 0 Å². The summed E-state index contributed by atoms with van der Waals surface area (Å²) in [6.45, 7) is 7.47. The Morgan fingerprint density at radius 1 is 1.38 bits per heavy atom. The molecular weight excluding hydrogens is 224 g/mol. The van der Waals surface area contributed by atoms with Crippen LogP contribution in [-0.2, 0) is 10.6 Å². The number of nitrogens with zero attached hydrogens (tertiary/aromatic N) is 2. The second-order valence-electron chi connectivity index (χ2n) is 4.12. The largest absolute Gasteiger partial charge is 0.378 e. The molecule has 0 saturated carbocycles. The quantitative estimate of drug-likeness (QED) is 0.742.